The standard InChI is InChI=1S/C17H29N5O2S/c1-19(2)25(23,24)21-7-4-8-22-17(13-21)10-15(18-22)12-20-11-14-5-3-6-16(20)9-14/h10,14,16H,3-9,11-13H2,1-2H3/t14-,16+/m0/s1. The maximum atomic E-state index is 12.5. The Morgan fingerprint density at radius 2 is 2.08 bits per heavy atom. The molecule has 0 radical (unpaired) electrons. The summed E-state index contributed by atoms with van der Waals surface area (Å²) in [6.45, 7) is 3.87. The van der Waals surface area contributed by atoms with E-state index >= 15 is 0 Å². The van der Waals surface area contributed by atoms with Crippen LogP contribution >= 0.6 is 0 Å². The van der Waals surface area contributed by atoms with Gasteiger partial charge in [-0.15, -0.1) is 0 Å². The van der Waals surface area contributed by atoms with Gasteiger partial charge in [-0.2, -0.15) is 22.1 Å². The lowest BCUT2D eigenvalue weighted by molar-refractivity contribution is 0.233. The predicted octanol–water partition coefficient (Wildman–Crippen LogP) is 1.27. The highest BCUT2D eigenvalue weighted by atomic mass is 32.2. The summed E-state index contributed by atoms with van der Waals surface area (Å²) in [5.74, 6) is 0.875. The van der Waals surface area contributed by atoms with E-state index in [-0.39, 0.29) is 0 Å². The second kappa shape index (κ2) is 6.64. The van der Waals surface area contributed by atoms with Crippen molar-refractivity contribution in [2.45, 2.75) is 57.8 Å². The fraction of sp³-hybridized carbons (Fsp3) is 0.824. The molecule has 1 saturated carbocycles. The molecular formula is C17H29N5O2S. The number of hydrogen-bond acceptors (Lipinski definition) is 4. The molecule has 140 valence electrons. The Balaban J connectivity index is 1.50. The van der Waals surface area contributed by atoms with Gasteiger partial charge in [-0.25, -0.2) is 0 Å². The molecule has 0 aromatic carbocycles. The normalized spacial score (nSPS) is 28.3. The van der Waals surface area contributed by atoms with Gasteiger partial charge in [0, 0.05) is 46.3 Å². The first-order chi connectivity index (χ1) is 11.9. The first-order valence-electron chi connectivity index (χ1n) is 9.41. The smallest absolute Gasteiger partial charge is 0.281 e. The van der Waals surface area contributed by atoms with E-state index in [4.69, 9.17) is 5.10 Å². The van der Waals surface area contributed by atoms with Crippen LogP contribution in [0.3, 0.4) is 0 Å². The lowest BCUT2D eigenvalue weighted by atomic mass is 9.90. The SMILES string of the molecule is CN(C)S(=O)(=O)N1CCCn2nc(CN3C[C@H]4CCC[C@@H]3C4)cc2C1. The second-order valence-corrected chi connectivity index (χ2v) is 10.1. The Morgan fingerprint density at radius 3 is 2.84 bits per heavy atom. The first kappa shape index (κ1) is 17.5. The van der Waals surface area contributed by atoms with Gasteiger partial charge in [-0.1, -0.05) is 6.42 Å². The molecule has 0 amide bonds. The minimum Gasteiger partial charge on any atom is -0.294 e. The molecule has 2 bridgehead atoms. The summed E-state index contributed by atoms with van der Waals surface area (Å²) in [6, 6.07) is 2.84. The molecule has 1 aromatic rings. The third-order valence-corrected chi connectivity index (χ3v) is 7.83. The van der Waals surface area contributed by atoms with Crippen molar-refractivity contribution in [2.75, 3.05) is 27.2 Å². The fourth-order valence-electron chi connectivity index (χ4n) is 4.64. The second-order valence-electron chi connectivity index (χ2n) is 7.94. The number of rotatable bonds is 4. The van der Waals surface area contributed by atoms with Crippen LogP contribution in [0.2, 0.25) is 0 Å². The van der Waals surface area contributed by atoms with Crippen LogP contribution in [0.5, 0.6) is 0 Å². The molecule has 2 aliphatic heterocycles. The average molecular weight is 368 g/mol. The van der Waals surface area contributed by atoms with Crippen LogP contribution in [0.4, 0.5) is 0 Å². The van der Waals surface area contributed by atoms with E-state index in [0.29, 0.717) is 13.1 Å². The molecule has 3 aliphatic rings. The van der Waals surface area contributed by atoms with E-state index in [2.05, 4.69) is 11.0 Å². The van der Waals surface area contributed by atoms with Crippen molar-refractivity contribution < 1.29 is 8.42 Å². The molecule has 8 heteroatoms. The maximum Gasteiger partial charge on any atom is 0.281 e. The average Bonchev–Trinajstić information content (AvgIpc) is 2.99. The summed E-state index contributed by atoms with van der Waals surface area (Å²) in [6.07, 6.45) is 6.21. The van der Waals surface area contributed by atoms with Crippen LogP contribution in [0, 0.1) is 5.92 Å². The third-order valence-electron chi connectivity index (χ3n) is 5.95. The van der Waals surface area contributed by atoms with Crippen LogP contribution < -0.4 is 0 Å². The highest BCUT2D eigenvalue weighted by Gasteiger charge is 2.35. The largest absolute Gasteiger partial charge is 0.294 e. The van der Waals surface area contributed by atoms with Crippen LogP contribution in [0.1, 0.15) is 43.5 Å². The number of likely N-dealkylation sites (tertiary alicyclic amines) is 1. The zero-order chi connectivity index (χ0) is 17.6. The minimum atomic E-state index is -3.38. The molecule has 1 aliphatic carbocycles. The fourth-order valence-corrected chi connectivity index (χ4v) is 5.76. The summed E-state index contributed by atoms with van der Waals surface area (Å²) < 4.78 is 29.8. The summed E-state index contributed by atoms with van der Waals surface area (Å²) >= 11 is 0. The van der Waals surface area contributed by atoms with Crippen LogP contribution in [0.25, 0.3) is 0 Å². The number of aryl methyl sites for hydroxylation is 1. The van der Waals surface area contributed by atoms with Crippen molar-refractivity contribution in [1.29, 1.82) is 0 Å². The Labute approximate surface area is 150 Å². The van der Waals surface area contributed by atoms with E-state index < -0.39 is 10.2 Å². The third kappa shape index (κ3) is 3.37. The molecular weight excluding hydrogens is 338 g/mol. The Morgan fingerprint density at radius 1 is 1.24 bits per heavy atom. The van der Waals surface area contributed by atoms with Gasteiger partial charge >= 0.3 is 0 Å². The van der Waals surface area contributed by atoms with Crippen molar-refractivity contribution in [3.63, 3.8) is 0 Å². The first-order valence-corrected chi connectivity index (χ1v) is 10.8. The maximum absolute atomic E-state index is 12.5. The summed E-state index contributed by atoms with van der Waals surface area (Å²) in [5, 5.41) is 4.79. The molecule has 0 spiro atoms. The molecule has 1 aromatic heterocycles. The summed E-state index contributed by atoms with van der Waals surface area (Å²) in [7, 11) is -0.193. The van der Waals surface area contributed by atoms with Gasteiger partial charge in [-0.05, 0) is 37.7 Å². The van der Waals surface area contributed by atoms with Crippen molar-refractivity contribution in [1.82, 2.24) is 23.3 Å². The van der Waals surface area contributed by atoms with Gasteiger partial charge in [0.05, 0.1) is 17.9 Å². The molecule has 2 atom stereocenters. The van der Waals surface area contributed by atoms with Crippen LogP contribution in [-0.2, 0) is 29.8 Å². The van der Waals surface area contributed by atoms with Crippen molar-refractivity contribution in [3.05, 3.63) is 17.5 Å². The van der Waals surface area contributed by atoms with E-state index in [1.54, 1.807) is 18.4 Å². The van der Waals surface area contributed by atoms with E-state index in [9.17, 15) is 8.42 Å². The minimum absolute atomic E-state index is 0.416. The van der Waals surface area contributed by atoms with Gasteiger partial charge in [0.15, 0.2) is 0 Å². The van der Waals surface area contributed by atoms with E-state index in [1.807, 2.05) is 4.68 Å². The molecule has 4 rings (SSSR count). The predicted molar refractivity (Wildman–Crippen MR) is 96.0 cm³/mol. The summed E-state index contributed by atoms with van der Waals surface area (Å²) in [4.78, 5) is 2.59. The Kier molecular flexibility index (Phi) is 4.64. The molecule has 0 N–H and O–H groups in total. The zero-order valence-corrected chi connectivity index (χ0v) is 16.1. The molecule has 2 fully saturated rings. The number of hydrogen-bond donors (Lipinski definition) is 0. The van der Waals surface area contributed by atoms with E-state index in [1.165, 1.54) is 36.5 Å². The van der Waals surface area contributed by atoms with Crippen molar-refractivity contribution in [2.24, 2.45) is 5.92 Å². The molecule has 25 heavy (non-hydrogen) atoms. The lowest BCUT2D eigenvalue weighted by Crippen LogP contribution is -2.39. The van der Waals surface area contributed by atoms with Gasteiger partial charge < -0.3 is 0 Å². The highest BCUT2D eigenvalue weighted by Crippen LogP contribution is 2.36. The van der Waals surface area contributed by atoms with Gasteiger partial charge in [0.1, 0.15) is 0 Å². The quantitative estimate of drug-likeness (QED) is 0.804. The van der Waals surface area contributed by atoms with Crippen LogP contribution in [0.15, 0.2) is 6.07 Å². The van der Waals surface area contributed by atoms with Gasteiger partial charge in [0.25, 0.3) is 10.2 Å². The van der Waals surface area contributed by atoms with Crippen molar-refractivity contribution >= 4 is 10.2 Å². The number of fused-ring (bicyclic) bond motifs is 3. The molecule has 0 unspecified atom stereocenters. The van der Waals surface area contributed by atoms with Gasteiger partial charge in [-0.3, -0.25) is 9.58 Å². The summed E-state index contributed by atoms with van der Waals surface area (Å²) in [5.41, 5.74) is 2.10. The molecule has 1 saturated heterocycles. The molecule has 7 nitrogen and oxygen atoms in total. The highest BCUT2D eigenvalue weighted by molar-refractivity contribution is 7.86. The monoisotopic (exact) mass is 367 g/mol. The zero-order valence-electron chi connectivity index (χ0n) is 15.3. The van der Waals surface area contributed by atoms with E-state index in [0.717, 1.165) is 42.9 Å². The lowest BCUT2D eigenvalue weighted by Gasteiger charge is -2.24. The Hall–Kier alpha value is -0.960. The van der Waals surface area contributed by atoms with Gasteiger partial charge in [0.2, 0.25) is 0 Å². The topological polar surface area (TPSA) is 61.7 Å². The molecule has 3 heterocycles. The van der Waals surface area contributed by atoms with Crippen LogP contribution in [-0.4, -0.2) is 64.9 Å². The Bertz CT molecular complexity index is 729. The number of aromatic nitrogens is 2. The van der Waals surface area contributed by atoms with Crippen molar-refractivity contribution in [3.8, 4) is 0 Å². The number of nitrogens with zero attached hydrogens (tertiary/aromatic N) is 5.